The Morgan fingerprint density at radius 2 is 2.00 bits per heavy atom. The van der Waals surface area contributed by atoms with E-state index in [4.69, 9.17) is 0 Å². The van der Waals surface area contributed by atoms with Crippen molar-refractivity contribution >= 4 is 0 Å². The first-order valence-electron chi connectivity index (χ1n) is 4.06. The van der Waals surface area contributed by atoms with Crippen molar-refractivity contribution in [2.75, 3.05) is 13.6 Å². The number of hydrogen-bond donors (Lipinski definition) is 0. The van der Waals surface area contributed by atoms with Crippen molar-refractivity contribution < 1.29 is 0 Å². The fraction of sp³-hybridized carbons (Fsp3) is 1.00. The molecule has 4 aliphatic rings. The zero-order valence-corrected chi connectivity index (χ0v) is 5.88. The summed E-state index contributed by atoms with van der Waals surface area (Å²) in [6.45, 7) is 1.41. The lowest BCUT2D eigenvalue weighted by Crippen LogP contribution is -2.51. The van der Waals surface area contributed by atoms with E-state index in [-0.39, 0.29) is 0 Å². The number of nitrogens with zero attached hydrogens (tertiary/aromatic N) is 1. The van der Waals surface area contributed by atoms with Crippen molar-refractivity contribution in [3.8, 4) is 0 Å². The van der Waals surface area contributed by atoms with Crippen molar-refractivity contribution in [1.82, 2.24) is 4.90 Å². The molecule has 1 saturated heterocycles. The molecule has 2 bridgehead atoms. The summed E-state index contributed by atoms with van der Waals surface area (Å²) in [4.78, 5) is 2.54. The monoisotopic (exact) mass is 123 g/mol. The summed E-state index contributed by atoms with van der Waals surface area (Å²) in [5, 5.41) is 0. The van der Waals surface area contributed by atoms with Crippen LogP contribution in [0.1, 0.15) is 12.8 Å². The van der Waals surface area contributed by atoms with Gasteiger partial charge in [0.1, 0.15) is 0 Å². The molecule has 4 fully saturated rings. The highest BCUT2D eigenvalue weighted by Crippen LogP contribution is 2.58. The molecule has 0 amide bonds. The second kappa shape index (κ2) is 1.20. The second-order valence-electron chi connectivity index (χ2n) is 4.09. The topological polar surface area (TPSA) is 3.24 Å². The van der Waals surface area contributed by atoms with Gasteiger partial charge in [-0.15, -0.1) is 0 Å². The minimum atomic E-state index is 1.04. The summed E-state index contributed by atoms with van der Waals surface area (Å²) < 4.78 is 0. The van der Waals surface area contributed by atoms with Gasteiger partial charge in [-0.1, -0.05) is 0 Å². The largest absolute Gasteiger partial charge is 0.302 e. The molecule has 1 aliphatic heterocycles. The third kappa shape index (κ3) is 0.362. The fourth-order valence-corrected chi connectivity index (χ4v) is 3.23. The maximum absolute atomic E-state index is 2.54. The Morgan fingerprint density at radius 1 is 1.22 bits per heavy atom. The van der Waals surface area contributed by atoms with Crippen LogP contribution in [-0.2, 0) is 0 Å². The van der Waals surface area contributed by atoms with Crippen molar-refractivity contribution in [2.45, 2.75) is 18.9 Å². The molecule has 3 aliphatic carbocycles. The molecule has 4 rings (SSSR count). The molecule has 1 heteroatoms. The third-order valence-electron chi connectivity index (χ3n) is 3.75. The number of rotatable bonds is 0. The Morgan fingerprint density at radius 3 is 2.44 bits per heavy atom. The van der Waals surface area contributed by atoms with Crippen LogP contribution in [0, 0.1) is 17.8 Å². The molecule has 0 spiro atoms. The van der Waals surface area contributed by atoms with Crippen LogP contribution in [0.4, 0.5) is 0 Å². The molecular weight excluding hydrogens is 110 g/mol. The van der Waals surface area contributed by atoms with Crippen LogP contribution in [0.5, 0.6) is 0 Å². The zero-order chi connectivity index (χ0) is 6.01. The Labute approximate surface area is 56.0 Å². The van der Waals surface area contributed by atoms with Gasteiger partial charge in [0.15, 0.2) is 0 Å². The second-order valence-corrected chi connectivity index (χ2v) is 4.09. The minimum Gasteiger partial charge on any atom is -0.302 e. The minimum absolute atomic E-state index is 1.04. The van der Waals surface area contributed by atoms with Gasteiger partial charge < -0.3 is 4.90 Å². The smallest absolute Gasteiger partial charge is 0.0164 e. The predicted octanol–water partition coefficient (Wildman–Crippen LogP) is 0.956. The summed E-state index contributed by atoms with van der Waals surface area (Å²) in [5.41, 5.74) is 0. The summed E-state index contributed by atoms with van der Waals surface area (Å²) >= 11 is 0. The molecule has 0 N–H and O–H groups in total. The van der Waals surface area contributed by atoms with Crippen LogP contribution in [0.25, 0.3) is 0 Å². The lowest BCUT2D eigenvalue weighted by atomic mass is 9.83. The van der Waals surface area contributed by atoms with Gasteiger partial charge in [0.25, 0.3) is 0 Å². The Balaban J connectivity index is 1.92. The summed E-state index contributed by atoms with van der Waals surface area (Å²) in [6.07, 6.45) is 3.14. The lowest BCUT2D eigenvalue weighted by Gasteiger charge is -2.41. The fourth-order valence-electron chi connectivity index (χ4n) is 3.23. The summed E-state index contributed by atoms with van der Waals surface area (Å²) in [5.74, 6) is 3.43. The molecule has 0 aromatic rings. The molecule has 2 atom stereocenters. The Bertz CT molecular complexity index is 149. The third-order valence-corrected chi connectivity index (χ3v) is 3.75. The van der Waals surface area contributed by atoms with E-state index in [0.717, 1.165) is 23.8 Å². The van der Waals surface area contributed by atoms with E-state index in [9.17, 15) is 0 Å². The van der Waals surface area contributed by atoms with Crippen LogP contribution in [-0.4, -0.2) is 24.5 Å². The summed E-state index contributed by atoms with van der Waals surface area (Å²) in [7, 11) is 2.28. The van der Waals surface area contributed by atoms with Crippen LogP contribution in [0.3, 0.4) is 0 Å². The molecule has 2 unspecified atom stereocenters. The first-order valence-corrected chi connectivity index (χ1v) is 4.06. The van der Waals surface area contributed by atoms with Gasteiger partial charge in [-0.2, -0.15) is 0 Å². The molecule has 1 heterocycles. The van der Waals surface area contributed by atoms with Gasteiger partial charge >= 0.3 is 0 Å². The van der Waals surface area contributed by atoms with Gasteiger partial charge in [-0.3, -0.25) is 0 Å². The van der Waals surface area contributed by atoms with Crippen LogP contribution >= 0.6 is 0 Å². The maximum Gasteiger partial charge on any atom is 0.0164 e. The quantitative estimate of drug-likeness (QED) is 0.463. The van der Waals surface area contributed by atoms with Gasteiger partial charge in [-0.25, -0.2) is 0 Å². The van der Waals surface area contributed by atoms with E-state index in [2.05, 4.69) is 11.9 Å². The standard InChI is InChI=1S/C8H13N/c1-9-4-7-5-2-6(3-5)8(7)9/h5-8H,2-4H2,1H3. The molecule has 1 nitrogen and oxygen atoms in total. The first kappa shape index (κ1) is 4.73. The van der Waals surface area contributed by atoms with E-state index in [1.807, 2.05) is 0 Å². The first-order chi connectivity index (χ1) is 4.36. The molecule has 3 saturated carbocycles. The average Bonchev–Trinajstić information content (AvgIpc) is 2.10. The van der Waals surface area contributed by atoms with Gasteiger partial charge in [0, 0.05) is 12.6 Å². The highest BCUT2D eigenvalue weighted by atomic mass is 15.2. The van der Waals surface area contributed by atoms with Crippen molar-refractivity contribution in [1.29, 1.82) is 0 Å². The zero-order valence-electron chi connectivity index (χ0n) is 5.88. The molecule has 0 aromatic heterocycles. The van der Waals surface area contributed by atoms with Crippen molar-refractivity contribution in [3.63, 3.8) is 0 Å². The SMILES string of the molecule is CN1CC2C3CC(C3)C21. The van der Waals surface area contributed by atoms with Gasteiger partial charge in [-0.05, 0) is 37.6 Å². The Hall–Kier alpha value is -0.0400. The van der Waals surface area contributed by atoms with Crippen LogP contribution in [0.2, 0.25) is 0 Å². The highest BCUT2D eigenvalue weighted by Gasteiger charge is 2.58. The van der Waals surface area contributed by atoms with Crippen molar-refractivity contribution in [3.05, 3.63) is 0 Å². The van der Waals surface area contributed by atoms with E-state index < -0.39 is 0 Å². The van der Waals surface area contributed by atoms with E-state index >= 15 is 0 Å². The van der Waals surface area contributed by atoms with Crippen LogP contribution < -0.4 is 0 Å². The van der Waals surface area contributed by atoms with Crippen LogP contribution in [0.15, 0.2) is 0 Å². The number of likely N-dealkylation sites (tertiary alicyclic amines) is 1. The van der Waals surface area contributed by atoms with E-state index in [0.29, 0.717) is 0 Å². The Kier molecular flexibility index (Phi) is 0.628. The van der Waals surface area contributed by atoms with E-state index in [1.54, 1.807) is 12.8 Å². The predicted molar refractivity (Wildman–Crippen MR) is 36.1 cm³/mol. The van der Waals surface area contributed by atoms with Gasteiger partial charge in [0.05, 0.1) is 0 Å². The molecule has 0 aromatic carbocycles. The molecule has 0 radical (unpaired) electrons. The van der Waals surface area contributed by atoms with Gasteiger partial charge in [0.2, 0.25) is 0 Å². The summed E-state index contributed by atoms with van der Waals surface area (Å²) in [6, 6.07) is 1.04. The molecular formula is C8H13N. The van der Waals surface area contributed by atoms with Crippen molar-refractivity contribution in [2.24, 2.45) is 17.8 Å². The lowest BCUT2D eigenvalue weighted by molar-refractivity contribution is 0.0628. The highest BCUT2D eigenvalue weighted by molar-refractivity contribution is 5.11. The number of hydrogen-bond acceptors (Lipinski definition) is 1. The maximum atomic E-state index is 2.54. The average molecular weight is 123 g/mol. The molecule has 50 valence electrons. The normalized spacial score (nSPS) is 62.3. The van der Waals surface area contributed by atoms with E-state index in [1.165, 1.54) is 6.54 Å². The molecule has 9 heavy (non-hydrogen) atoms.